The Balaban J connectivity index is 1.90. The largest absolute Gasteiger partial charge is 0.338 e. The minimum Gasteiger partial charge on any atom is -0.338 e. The quantitative estimate of drug-likeness (QED) is 0.766. The number of rotatable bonds is 6. The molecule has 134 valence electrons. The number of amides is 3. The van der Waals surface area contributed by atoms with Crippen molar-refractivity contribution >= 4 is 23.7 Å². The minimum absolute atomic E-state index is 0.0322. The number of hydrogen-bond donors (Lipinski definition) is 2. The van der Waals surface area contributed by atoms with E-state index in [1.165, 1.54) is 12.1 Å². The molecule has 1 heterocycles. The van der Waals surface area contributed by atoms with Gasteiger partial charge in [0.1, 0.15) is 5.82 Å². The van der Waals surface area contributed by atoms with Gasteiger partial charge in [0.25, 0.3) is 0 Å². The maximum atomic E-state index is 13.0. The lowest BCUT2D eigenvalue weighted by Crippen LogP contribution is -2.41. The number of imide groups is 1. The highest BCUT2D eigenvalue weighted by Gasteiger charge is 2.14. The summed E-state index contributed by atoms with van der Waals surface area (Å²) in [6, 6.07) is 5.41. The Morgan fingerprint density at radius 1 is 1.24 bits per heavy atom. The monoisotopic (exact) mass is 365 g/mol. The fourth-order valence-corrected chi connectivity index (χ4v) is 2.64. The van der Waals surface area contributed by atoms with Gasteiger partial charge in [0.2, 0.25) is 5.91 Å². The fourth-order valence-electron chi connectivity index (χ4n) is 1.92. The van der Waals surface area contributed by atoms with Crippen molar-refractivity contribution in [2.45, 2.75) is 19.0 Å². The number of carbonyl (C=O) groups is 2. The summed E-state index contributed by atoms with van der Waals surface area (Å²) in [6.07, 6.45) is 0. The second-order valence-electron chi connectivity index (χ2n) is 5.81. The Morgan fingerprint density at radius 3 is 2.56 bits per heavy atom. The maximum absolute atomic E-state index is 13.0. The predicted molar refractivity (Wildman–Crippen MR) is 93.5 cm³/mol. The summed E-state index contributed by atoms with van der Waals surface area (Å²) in [5.41, 5.74) is 0.723. The number of thioether (sulfide) groups is 1. The van der Waals surface area contributed by atoms with E-state index in [1.54, 1.807) is 23.7 Å². The molecular weight excluding hydrogens is 345 g/mol. The molecule has 2 aromatic rings. The van der Waals surface area contributed by atoms with Crippen LogP contribution in [-0.4, -0.2) is 39.0 Å². The Kier molecular flexibility index (Phi) is 6.51. The first-order valence-electron chi connectivity index (χ1n) is 7.72. The van der Waals surface area contributed by atoms with Crippen molar-refractivity contribution in [1.29, 1.82) is 0 Å². The van der Waals surface area contributed by atoms with Crippen LogP contribution < -0.4 is 10.6 Å². The lowest BCUT2D eigenvalue weighted by molar-refractivity contribution is -0.117. The van der Waals surface area contributed by atoms with E-state index in [4.69, 9.17) is 0 Å². The standard InChI is InChI=1S/C16H20FN5O2S/c1-10(2)8-18-15(24)19-13(23)9-25-16-21-20-14(22(16)3)11-4-6-12(17)7-5-11/h4-7,10H,8-9H2,1-3H3,(H2,18,19,23,24). The van der Waals surface area contributed by atoms with Crippen LogP contribution in [0.2, 0.25) is 0 Å². The lowest BCUT2D eigenvalue weighted by atomic mass is 10.2. The summed E-state index contributed by atoms with van der Waals surface area (Å²) in [5, 5.41) is 13.5. The number of benzene rings is 1. The van der Waals surface area contributed by atoms with Crippen LogP contribution in [0.1, 0.15) is 13.8 Å². The number of hydrogen-bond acceptors (Lipinski definition) is 5. The van der Waals surface area contributed by atoms with E-state index in [-0.39, 0.29) is 11.6 Å². The number of nitrogens with one attached hydrogen (secondary N) is 2. The van der Waals surface area contributed by atoms with Crippen molar-refractivity contribution in [3.05, 3.63) is 30.1 Å². The fraction of sp³-hybridized carbons (Fsp3) is 0.375. The van der Waals surface area contributed by atoms with Crippen molar-refractivity contribution in [3.8, 4) is 11.4 Å². The summed E-state index contributed by atoms with van der Waals surface area (Å²) in [4.78, 5) is 23.3. The van der Waals surface area contributed by atoms with Crippen LogP contribution in [0.3, 0.4) is 0 Å². The predicted octanol–water partition coefficient (Wildman–Crippen LogP) is 2.20. The van der Waals surface area contributed by atoms with Gasteiger partial charge < -0.3 is 9.88 Å². The van der Waals surface area contributed by atoms with E-state index in [2.05, 4.69) is 20.8 Å². The van der Waals surface area contributed by atoms with Gasteiger partial charge in [-0.2, -0.15) is 0 Å². The molecule has 0 fully saturated rings. The van der Waals surface area contributed by atoms with Gasteiger partial charge in [0.15, 0.2) is 11.0 Å². The molecule has 0 aliphatic rings. The number of nitrogens with zero attached hydrogens (tertiary/aromatic N) is 3. The maximum Gasteiger partial charge on any atom is 0.321 e. The number of halogens is 1. The smallest absolute Gasteiger partial charge is 0.321 e. The zero-order chi connectivity index (χ0) is 18.4. The number of aromatic nitrogens is 3. The molecule has 0 atom stereocenters. The molecule has 25 heavy (non-hydrogen) atoms. The summed E-state index contributed by atoms with van der Waals surface area (Å²) in [5.74, 6) is 0.159. The summed E-state index contributed by atoms with van der Waals surface area (Å²) in [7, 11) is 1.76. The molecule has 2 rings (SSSR count). The van der Waals surface area contributed by atoms with E-state index in [0.717, 1.165) is 17.3 Å². The van der Waals surface area contributed by atoms with Gasteiger partial charge in [-0.25, -0.2) is 9.18 Å². The lowest BCUT2D eigenvalue weighted by Gasteiger charge is -2.08. The molecule has 1 aromatic carbocycles. The van der Waals surface area contributed by atoms with Crippen molar-refractivity contribution in [3.63, 3.8) is 0 Å². The third-order valence-corrected chi connectivity index (χ3v) is 4.21. The molecule has 0 saturated heterocycles. The molecule has 0 bridgehead atoms. The van der Waals surface area contributed by atoms with Crippen LogP contribution in [0.4, 0.5) is 9.18 Å². The highest BCUT2D eigenvalue weighted by atomic mass is 32.2. The molecule has 0 aliphatic carbocycles. The summed E-state index contributed by atoms with van der Waals surface area (Å²) < 4.78 is 14.7. The van der Waals surface area contributed by atoms with Gasteiger partial charge in [0, 0.05) is 19.2 Å². The van der Waals surface area contributed by atoms with E-state index in [1.807, 2.05) is 13.8 Å². The van der Waals surface area contributed by atoms with Crippen LogP contribution in [0.5, 0.6) is 0 Å². The average molecular weight is 365 g/mol. The Hall–Kier alpha value is -2.42. The molecular formula is C16H20FN5O2S. The SMILES string of the molecule is CC(C)CNC(=O)NC(=O)CSc1nnc(-c2ccc(F)cc2)n1C. The molecule has 3 amide bonds. The van der Waals surface area contributed by atoms with Crippen molar-refractivity contribution in [1.82, 2.24) is 25.4 Å². The van der Waals surface area contributed by atoms with Crippen molar-refractivity contribution < 1.29 is 14.0 Å². The zero-order valence-electron chi connectivity index (χ0n) is 14.2. The van der Waals surface area contributed by atoms with E-state index < -0.39 is 11.9 Å². The number of carbonyl (C=O) groups excluding carboxylic acids is 2. The van der Waals surface area contributed by atoms with Crippen LogP contribution >= 0.6 is 11.8 Å². The first-order chi connectivity index (χ1) is 11.9. The van der Waals surface area contributed by atoms with E-state index in [9.17, 15) is 14.0 Å². The van der Waals surface area contributed by atoms with Gasteiger partial charge in [0.05, 0.1) is 5.75 Å². The molecule has 0 radical (unpaired) electrons. The van der Waals surface area contributed by atoms with Crippen LogP contribution in [0, 0.1) is 11.7 Å². The molecule has 0 saturated carbocycles. The van der Waals surface area contributed by atoms with Gasteiger partial charge in [-0.1, -0.05) is 25.6 Å². The van der Waals surface area contributed by atoms with E-state index in [0.29, 0.717) is 23.4 Å². The highest BCUT2D eigenvalue weighted by molar-refractivity contribution is 7.99. The van der Waals surface area contributed by atoms with Crippen molar-refractivity contribution in [2.24, 2.45) is 13.0 Å². The van der Waals surface area contributed by atoms with Gasteiger partial charge in [-0.3, -0.25) is 10.1 Å². The second-order valence-corrected chi connectivity index (χ2v) is 6.76. The molecule has 0 aliphatic heterocycles. The topological polar surface area (TPSA) is 88.9 Å². The Labute approximate surface area is 149 Å². The molecule has 0 spiro atoms. The Morgan fingerprint density at radius 2 is 1.92 bits per heavy atom. The van der Waals surface area contributed by atoms with Crippen molar-refractivity contribution in [2.75, 3.05) is 12.3 Å². The average Bonchev–Trinajstić information content (AvgIpc) is 2.92. The first kappa shape index (κ1) is 18.9. The van der Waals surface area contributed by atoms with Gasteiger partial charge in [-0.15, -0.1) is 10.2 Å². The van der Waals surface area contributed by atoms with Crippen LogP contribution in [0.15, 0.2) is 29.4 Å². The third kappa shape index (κ3) is 5.56. The summed E-state index contributed by atoms with van der Waals surface area (Å²) in [6.45, 7) is 4.42. The van der Waals surface area contributed by atoms with Crippen LogP contribution in [-0.2, 0) is 11.8 Å². The Bertz CT molecular complexity index is 745. The second kappa shape index (κ2) is 8.61. The first-order valence-corrected chi connectivity index (χ1v) is 8.71. The molecule has 2 N–H and O–H groups in total. The molecule has 0 unspecified atom stereocenters. The minimum atomic E-state index is -0.510. The molecule has 9 heteroatoms. The van der Waals surface area contributed by atoms with E-state index >= 15 is 0 Å². The van der Waals surface area contributed by atoms with Gasteiger partial charge >= 0.3 is 6.03 Å². The number of urea groups is 1. The zero-order valence-corrected chi connectivity index (χ0v) is 15.1. The third-order valence-electron chi connectivity index (χ3n) is 3.19. The summed E-state index contributed by atoms with van der Waals surface area (Å²) >= 11 is 1.16. The highest BCUT2D eigenvalue weighted by Crippen LogP contribution is 2.22. The van der Waals surface area contributed by atoms with Crippen LogP contribution in [0.25, 0.3) is 11.4 Å². The van der Waals surface area contributed by atoms with Gasteiger partial charge in [-0.05, 0) is 30.2 Å². The molecule has 1 aromatic heterocycles. The normalized spacial score (nSPS) is 10.8. The molecule has 7 nitrogen and oxygen atoms in total.